The van der Waals surface area contributed by atoms with Gasteiger partial charge in [0.25, 0.3) is 0 Å². The minimum atomic E-state index is -0.208. The molecule has 2 atom stereocenters. The monoisotopic (exact) mass is 272 g/mol. The normalized spacial score (nSPS) is 22.2. The smallest absolute Gasteiger partial charge is 0.0664 e. The van der Waals surface area contributed by atoms with Crippen LogP contribution in [-0.4, -0.2) is 34.2 Å². The minimum absolute atomic E-state index is 0.208. The van der Waals surface area contributed by atoms with Crippen molar-refractivity contribution < 1.29 is 5.11 Å². The molecule has 1 aliphatic heterocycles. The van der Waals surface area contributed by atoms with Crippen molar-refractivity contribution in [1.82, 2.24) is 9.88 Å². The third-order valence-electron chi connectivity index (χ3n) is 4.44. The number of β-amino-alcohol motifs (C(OH)–C–C–N with tert-alkyl or cyclic N) is 1. The highest BCUT2D eigenvalue weighted by Crippen LogP contribution is 2.32. The van der Waals surface area contributed by atoms with Crippen molar-refractivity contribution in [3.05, 3.63) is 36.0 Å². The molecule has 0 spiro atoms. The second kappa shape index (κ2) is 5.98. The number of aromatic nitrogens is 1. The quantitative estimate of drug-likeness (QED) is 0.894. The summed E-state index contributed by atoms with van der Waals surface area (Å²) in [5.74, 6) is 0. The van der Waals surface area contributed by atoms with Crippen LogP contribution in [0.4, 0.5) is 0 Å². The summed E-state index contributed by atoms with van der Waals surface area (Å²) in [7, 11) is 0. The third-order valence-corrected chi connectivity index (χ3v) is 4.44. The maximum Gasteiger partial charge on any atom is 0.0664 e. The number of hydrogen-bond acceptors (Lipinski definition) is 2. The maximum absolute atomic E-state index is 9.96. The molecule has 1 aromatic heterocycles. The molecule has 3 heteroatoms. The Kier molecular flexibility index (Phi) is 4.08. The maximum atomic E-state index is 9.96. The zero-order valence-corrected chi connectivity index (χ0v) is 12.2. The van der Waals surface area contributed by atoms with Gasteiger partial charge in [0.2, 0.25) is 0 Å². The minimum Gasteiger partial charge on any atom is -0.392 e. The van der Waals surface area contributed by atoms with E-state index < -0.39 is 0 Å². The van der Waals surface area contributed by atoms with Crippen LogP contribution in [0.25, 0.3) is 10.9 Å². The molecule has 2 N–H and O–H groups in total. The Balaban J connectivity index is 1.84. The number of para-hydroxylation sites is 1. The Morgan fingerprint density at radius 2 is 2.20 bits per heavy atom. The topological polar surface area (TPSA) is 39.3 Å². The highest BCUT2D eigenvalue weighted by Gasteiger charge is 2.26. The van der Waals surface area contributed by atoms with Gasteiger partial charge in [-0.15, -0.1) is 0 Å². The number of nitrogens with one attached hydrogen (secondary N) is 1. The fraction of sp³-hybridized carbons (Fsp3) is 0.529. The predicted molar refractivity (Wildman–Crippen MR) is 82.8 cm³/mol. The SMILES string of the molecule is CCC(O)CN1CCCCC1c1cc2ccccc2[nH]1. The van der Waals surface area contributed by atoms with E-state index in [9.17, 15) is 5.11 Å². The van der Waals surface area contributed by atoms with E-state index in [4.69, 9.17) is 0 Å². The first-order chi connectivity index (χ1) is 9.78. The van der Waals surface area contributed by atoms with Gasteiger partial charge in [-0.1, -0.05) is 31.5 Å². The van der Waals surface area contributed by atoms with Crippen molar-refractivity contribution in [3.8, 4) is 0 Å². The van der Waals surface area contributed by atoms with Gasteiger partial charge < -0.3 is 10.1 Å². The molecular formula is C17H24N2O. The lowest BCUT2D eigenvalue weighted by molar-refractivity contribution is 0.0640. The van der Waals surface area contributed by atoms with Crippen LogP contribution in [0, 0.1) is 0 Å². The highest BCUT2D eigenvalue weighted by molar-refractivity contribution is 5.80. The number of likely N-dealkylation sites (tertiary alicyclic amines) is 1. The molecule has 1 aliphatic rings. The average molecular weight is 272 g/mol. The lowest BCUT2D eigenvalue weighted by Gasteiger charge is -2.36. The standard InChI is InChI=1S/C17H24N2O/c1-2-14(20)12-19-10-6-5-9-17(19)16-11-13-7-3-4-8-15(13)18-16/h3-4,7-8,11,14,17-18,20H,2,5-6,9-10,12H2,1H3. The zero-order chi connectivity index (χ0) is 13.9. The second-order valence-corrected chi connectivity index (χ2v) is 5.88. The first-order valence-electron chi connectivity index (χ1n) is 7.77. The number of hydrogen-bond donors (Lipinski definition) is 2. The van der Waals surface area contributed by atoms with Gasteiger partial charge in [0.1, 0.15) is 0 Å². The molecule has 0 saturated carbocycles. The molecule has 1 aromatic carbocycles. The van der Waals surface area contributed by atoms with Gasteiger partial charge in [-0.05, 0) is 43.3 Å². The Hall–Kier alpha value is -1.32. The van der Waals surface area contributed by atoms with E-state index in [1.54, 1.807) is 0 Å². The van der Waals surface area contributed by atoms with E-state index >= 15 is 0 Å². The summed E-state index contributed by atoms with van der Waals surface area (Å²) < 4.78 is 0. The molecule has 2 aromatic rings. The van der Waals surface area contributed by atoms with Crippen LogP contribution in [0.15, 0.2) is 30.3 Å². The van der Waals surface area contributed by atoms with Crippen LogP contribution in [0.5, 0.6) is 0 Å². The van der Waals surface area contributed by atoms with Crippen molar-refractivity contribution in [2.45, 2.75) is 44.8 Å². The molecule has 3 rings (SSSR count). The largest absolute Gasteiger partial charge is 0.392 e. The van der Waals surface area contributed by atoms with Gasteiger partial charge in [0, 0.05) is 23.8 Å². The molecule has 3 nitrogen and oxygen atoms in total. The molecule has 0 aliphatic carbocycles. The van der Waals surface area contributed by atoms with Gasteiger partial charge in [0.05, 0.1) is 6.10 Å². The molecule has 2 heterocycles. The Labute approximate surface area is 120 Å². The summed E-state index contributed by atoms with van der Waals surface area (Å²) in [6, 6.07) is 11.1. The van der Waals surface area contributed by atoms with E-state index in [0.29, 0.717) is 6.04 Å². The number of aliphatic hydroxyl groups is 1. The lowest BCUT2D eigenvalue weighted by Crippen LogP contribution is -2.38. The third kappa shape index (κ3) is 2.74. The Bertz CT molecular complexity index is 530. The number of nitrogens with zero attached hydrogens (tertiary/aromatic N) is 1. The van der Waals surface area contributed by atoms with E-state index in [0.717, 1.165) is 19.5 Å². The number of aromatic amines is 1. The second-order valence-electron chi connectivity index (χ2n) is 5.88. The molecule has 2 unspecified atom stereocenters. The molecular weight excluding hydrogens is 248 g/mol. The van der Waals surface area contributed by atoms with Crippen molar-refractivity contribution in [3.63, 3.8) is 0 Å². The number of H-pyrrole nitrogens is 1. The highest BCUT2D eigenvalue weighted by atomic mass is 16.3. The summed E-state index contributed by atoms with van der Waals surface area (Å²) in [4.78, 5) is 6.01. The van der Waals surface area contributed by atoms with Crippen LogP contribution in [0.3, 0.4) is 0 Å². The number of aliphatic hydroxyl groups excluding tert-OH is 1. The summed E-state index contributed by atoms with van der Waals surface area (Å²) in [6.07, 6.45) is 4.32. The Morgan fingerprint density at radius 3 is 3.00 bits per heavy atom. The molecule has 20 heavy (non-hydrogen) atoms. The summed E-state index contributed by atoms with van der Waals surface area (Å²) in [6.45, 7) is 3.93. The first kappa shape index (κ1) is 13.7. The van der Waals surface area contributed by atoms with Crippen molar-refractivity contribution in [2.24, 2.45) is 0 Å². The van der Waals surface area contributed by atoms with Crippen LogP contribution in [0.2, 0.25) is 0 Å². The fourth-order valence-electron chi connectivity index (χ4n) is 3.24. The summed E-state index contributed by atoms with van der Waals surface area (Å²) >= 11 is 0. The van der Waals surface area contributed by atoms with Gasteiger partial charge in [-0.25, -0.2) is 0 Å². The van der Waals surface area contributed by atoms with E-state index in [1.165, 1.54) is 35.9 Å². The predicted octanol–water partition coefficient (Wildman–Crippen LogP) is 3.47. The Morgan fingerprint density at radius 1 is 1.35 bits per heavy atom. The van der Waals surface area contributed by atoms with Gasteiger partial charge in [-0.3, -0.25) is 4.90 Å². The number of piperidine rings is 1. The van der Waals surface area contributed by atoms with Gasteiger partial charge in [-0.2, -0.15) is 0 Å². The number of rotatable bonds is 4. The average Bonchev–Trinajstić information content (AvgIpc) is 2.91. The molecule has 0 amide bonds. The van der Waals surface area contributed by atoms with Crippen LogP contribution < -0.4 is 0 Å². The molecule has 1 saturated heterocycles. The zero-order valence-electron chi connectivity index (χ0n) is 12.2. The number of benzene rings is 1. The lowest BCUT2D eigenvalue weighted by atomic mass is 9.98. The van der Waals surface area contributed by atoms with Crippen LogP contribution in [-0.2, 0) is 0 Å². The molecule has 1 fully saturated rings. The van der Waals surface area contributed by atoms with Crippen molar-refractivity contribution in [1.29, 1.82) is 0 Å². The van der Waals surface area contributed by atoms with E-state index in [2.05, 4.69) is 40.2 Å². The number of fused-ring (bicyclic) bond motifs is 1. The summed E-state index contributed by atoms with van der Waals surface area (Å²) in [5.41, 5.74) is 2.51. The van der Waals surface area contributed by atoms with Crippen molar-refractivity contribution in [2.75, 3.05) is 13.1 Å². The van der Waals surface area contributed by atoms with E-state index in [1.807, 2.05) is 6.92 Å². The first-order valence-corrected chi connectivity index (χ1v) is 7.77. The van der Waals surface area contributed by atoms with Gasteiger partial charge >= 0.3 is 0 Å². The van der Waals surface area contributed by atoms with Crippen LogP contribution >= 0.6 is 0 Å². The molecule has 0 radical (unpaired) electrons. The summed E-state index contributed by atoms with van der Waals surface area (Å²) in [5, 5.41) is 11.2. The molecule has 108 valence electrons. The van der Waals surface area contributed by atoms with Gasteiger partial charge in [0.15, 0.2) is 0 Å². The van der Waals surface area contributed by atoms with E-state index in [-0.39, 0.29) is 6.10 Å². The fourth-order valence-corrected chi connectivity index (χ4v) is 3.24. The van der Waals surface area contributed by atoms with Crippen LogP contribution in [0.1, 0.15) is 44.3 Å². The van der Waals surface area contributed by atoms with Crippen molar-refractivity contribution >= 4 is 10.9 Å². The molecule has 0 bridgehead atoms.